The summed E-state index contributed by atoms with van der Waals surface area (Å²) in [4.78, 5) is 24.7. The van der Waals surface area contributed by atoms with Crippen LogP contribution in [0, 0.1) is 5.92 Å². The first-order chi connectivity index (χ1) is 13.7. The number of benzene rings is 2. The summed E-state index contributed by atoms with van der Waals surface area (Å²) >= 11 is 0. The fourth-order valence-corrected chi connectivity index (χ4v) is 3.55. The molecule has 0 atom stereocenters. The Balaban J connectivity index is 1.56. The minimum absolute atomic E-state index is 0.134. The number of anilines is 1. The third-order valence-corrected chi connectivity index (χ3v) is 5.24. The smallest absolute Gasteiger partial charge is 0.255 e. The maximum Gasteiger partial charge on any atom is 0.255 e. The quantitative estimate of drug-likeness (QED) is 0.652. The van der Waals surface area contributed by atoms with Crippen molar-refractivity contribution >= 4 is 17.5 Å². The van der Waals surface area contributed by atoms with Crippen molar-refractivity contribution in [1.29, 1.82) is 0 Å². The Hall–Kier alpha value is -2.66. The second-order valence-corrected chi connectivity index (χ2v) is 7.29. The number of nitrogens with one attached hydrogen (secondary N) is 3. The standard InChI is InChI=1S/C23H29N3O2/c1-2-24-16-20-9-5-6-10-21(20)26-23(28)19-13-11-17(12-14-19)15-25-22(27)18-7-3-4-8-18/h5-6,9-14,18,24H,2-4,7-8,15-16H2,1H3,(H,25,27)(H,26,28). The Morgan fingerprint density at radius 2 is 1.68 bits per heavy atom. The van der Waals surface area contributed by atoms with Gasteiger partial charge in [0.05, 0.1) is 0 Å². The van der Waals surface area contributed by atoms with Gasteiger partial charge in [0.15, 0.2) is 0 Å². The molecule has 0 saturated heterocycles. The predicted molar refractivity (Wildman–Crippen MR) is 112 cm³/mol. The summed E-state index contributed by atoms with van der Waals surface area (Å²) in [5, 5.41) is 9.29. The summed E-state index contributed by atoms with van der Waals surface area (Å²) in [5.41, 5.74) is 3.48. The van der Waals surface area contributed by atoms with E-state index in [1.54, 1.807) is 12.1 Å². The Labute approximate surface area is 166 Å². The van der Waals surface area contributed by atoms with Crippen LogP contribution in [-0.4, -0.2) is 18.4 Å². The van der Waals surface area contributed by atoms with E-state index in [1.807, 2.05) is 36.4 Å². The van der Waals surface area contributed by atoms with Gasteiger partial charge >= 0.3 is 0 Å². The zero-order valence-electron chi connectivity index (χ0n) is 16.5. The van der Waals surface area contributed by atoms with E-state index in [1.165, 1.54) is 0 Å². The molecule has 0 aromatic heterocycles. The van der Waals surface area contributed by atoms with E-state index in [4.69, 9.17) is 0 Å². The fraction of sp³-hybridized carbons (Fsp3) is 0.391. The molecule has 2 aromatic rings. The van der Waals surface area contributed by atoms with Gasteiger partial charge < -0.3 is 16.0 Å². The number of amides is 2. The first kappa shape index (κ1) is 20.1. The molecule has 0 unspecified atom stereocenters. The highest BCUT2D eigenvalue weighted by Gasteiger charge is 2.22. The number of hydrogen-bond acceptors (Lipinski definition) is 3. The molecular weight excluding hydrogens is 350 g/mol. The van der Waals surface area contributed by atoms with Gasteiger partial charge in [0.25, 0.3) is 5.91 Å². The third kappa shape index (κ3) is 5.42. The van der Waals surface area contributed by atoms with Crippen molar-refractivity contribution in [2.75, 3.05) is 11.9 Å². The van der Waals surface area contributed by atoms with Crippen LogP contribution in [0.2, 0.25) is 0 Å². The molecule has 1 fully saturated rings. The largest absolute Gasteiger partial charge is 0.352 e. The molecule has 0 radical (unpaired) electrons. The van der Waals surface area contributed by atoms with Gasteiger partial charge in [0, 0.05) is 30.3 Å². The van der Waals surface area contributed by atoms with E-state index < -0.39 is 0 Å². The van der Waals surface area contributed by atoms with Crippen molar-refractivity contribution in [3.05, 3.63) is 65.2 Å². The summed E-state index contributed by atoms with van der Waals surface area (Å²) in [5.74, 6) is 0.189. The molecule has 5 nitrogen and oxygen atoms in total. The van der Waals surface area contributed by atoms with Gasteiger partial charge in [0.1, 0.15) is 0 Å². The zero-order valence-corrected chi connectivity index (χ0v) is 16.5. The van der Waals surface area contributed by atoms with Crippen LogP contribution in [0.1, 0.15) is 54.1 Å². The van der Waals surface area contributed by atoms with Crippen LogP contribution in [0.15, 0.2) is 48.5 Å². The van der Waals surface area contributed by atoms with Crippen molar-refractivity contribution in [2.45, 2.75) is 45.7 Å². The first-order valence-electron chi connectivity index (χ1n) is 10.1. The summed E-state index contributed by atoms with van der Waals surface area (Å²) < 4.78 is 0. The molecule has 2 amide bonds. The lowest BCUT2D eigenvalue weighted by atomic mass is 10.1. The highest BCUT2D eigenvalue weighted by molar-refractivity contribution is 6.04. The summed E-state index contributed by atoms with van der Waals surface area (Å²) in [6.07, 6.45) is 4.31. The molecule has 2 aromatic carbocycles. The van der Waals surface area contributed by atoms with E-state index in [-0.39, 0.29) is 17.7 Å². The second-order valence-electron chi connectivity index (χ2n) is 7.29. The van der Waals surface area contributed by atoms with Crippen molar-refractivity contribution in [3.63, 3.8) is 0 Å². The van der Waals surface area contributed by atoms with Crippen LogP contribution in [0.3, 0.4) is 0 Å². The molecule has 0 bridgehead atoms. The van der Waals surface area contributed by atoms with E-state index in [9.17, 15) is 9.59 Å². The van der Waals surface area contributed by atoms with Crippen LogP contribution in [0.4, 0.5) is 5.69 Å². The molecule has 148 valence electrons. The highest BCUT2D eigenvalue weighted by atomic mass is 16.2. The van der Waals surface area contributed by atoms with E-state index >= 15 is 0 Å². The molecule has 0 heterocycles. The van der Waals surface area contributed by atoms with E-state index in [2.05, 4.69) is 22.9 Å². The molecule has 1 saturated carbocycles. The lowest BCUT2D eigenvalue weighted by Gasteiger charge is -2.12. The van der Waals surface area contributed by atoms with Crippen molar-refractivity contribution in [1.82, 2.24) is 10.6 Å². The molecule has 3 rings (SSSR count). The van der Waals surface area contributed by atoms with Crippen molar-refractivity contribution < 1.29 is 9.59 Å². The number of rotatable bonds is 8. The lowest BCUT2D eigenvalue weighted by Crippen LogP contribution is -2.28. The molecule has 0 aliphatic heterocycles. The summed E-state index contributed by atoms with van der Waals surface area (Å²) in [6, 6.07) is 15.2. The van der Waals surface area contributed by atoms with Crippen molar-refractivity contribution in [2.24, 2.45) is 5.92 Å². The fourth-order valence-electron chi connectivity index (χ4n) is 3.55. The Morgan fingerprint density at radius 3 is 2.39 bits per heavy atom. The zero-order chi connectivity index (χ0) is 19.8. The highest BCUT2D eigenvalue weighted by Crippen LogP contribution is 2.24. The van der Waals surface area contributed by atoms with Gasteiger partial charge in [-0.3, -0.25) is 9.59 Å². The van der Waals surface area contributed by atoms with E-state index in [0.717, 1.165) is 49.0 Å². The maximum absolute atomic E-state index is 12.6. The topological polar surface area (TPSA) is 70.2 Å². The van der Waals surface area contributed by atoms with Crippen LogP contribution >= 0.6 is 0 Å². The Bertz CT molecular complexity index is 796. The Morgan fingerprint density at radius 1 is 0.964 bits per heavy atom. The van der Waals surface area contributed by atoms with Crippen LogP contribution in [0.25, 0.3) is 0 Å². The molecule has 1 aliphatic rings. The van der Waals surface area contributed by atoms with Gasteiger partial charge in [-0.1, -0.05) is 50.1 Å². The van der Waals surface area contributed by atoms with Crippen molar-refractivity contribution in [3.8, 4) is 0 Å². The maximum atomic E-state index is 12.6. The second kappa shape index (κ2) is 10.0. The number of carbonyl (C=O) groups is 2. The normalized spacial score (nSPS) is 14.0. The minimum Gasteiger partial charge on any atom is -0.352 e. The molecule has 5 heteroatoms. The van der Waals surface area contributed by atoms with Crippen LogP contribution in [-0.2, 0) is 17.9 Å². The van der Waals surface area contributed by atoms with Gasteiger partial charge in [-0.2, -0.15) is 0 Å². The average Bonchev–Trinajstić information content (AvgIpc) is 3.27. The minimum atomic E-state index is -0.134. The number of carbonyl (C=O) groups excluding carboxylic acids is 2. The lowest BCUT2D eigenvalue weighted by molar-refractivity contribution is -0.124. The monoisotopic (exact) mass is 379 g/mol. The van der Waals surface area contributed by atoms with Crippen LogP contribution in [0.5, 0.6) is 0 Å². The van der Waals surface area contributed by atoms with Gasteiger partial charge in [-0.25, -0.2) is 0 Å². The molecular formula is C23H29N3O2. The Kier molecular flexibility index (Phi) is 7.20. The predicted octanol–water partition coefficient (Wildman–Crippen LogP) is 3.85. The molecule has 1 aliphatic carbocycles. The SMILES string of the molecule is CCNCc1ccccc1NC(=O)c1ccc(CNC(=O)C2CCCC2)cc1. The third-order valence-electron chi connectivity index (χ3n) is 5.24. The average molecular weight is 380 g/mol. The first-order valence-corrected chi connectivity index (χ1v) is 10.1. The summed E-state index contributed by atoms with van der Waals surface area (Å²) in [6.45, 7) is 4.15. The molecule has 28 heavy (non-hydrogen) atoms. The summed E-state index contributed by atoms with van der Waals surface area (Å²) in [7, 11) is 0. The molecule has 3 N–H and O–H groups in total. The number of hydrogen-bond donors (Lipinski definition) is 3. The van der Waals surface area contributed by atoms with Gasteiger partial charge in [0.2, 0.25) is 5.91 Å². The number of para-hydroxylation sites is 1. The van der Waals surface area contributed by atoms with E-state index in [0.29, 0.717) is 18.7 Å². The van der Waals surface area contributed by atoms with Gasteiger partial charge in [-0.05, 0) is 48.7 Å². The molecule has 0 spiro atoms. The van der Waals surface area contributed by atoms with Crippen LogP contribution < -0.4 is 16.0 Å². The van der Waals surface area contributed by atoms with Gasteiger partial charge in [-0.15, -0.1) is 0 Å².